The van der Waals surface area contributed by atoms with Crippen LogP contribution in [-0.2, 0) is 0 Å². The summed E-state index contributed by atoms with van der Waals surface area (Å²) in [7, 11) is 1.60. The second-order valence-corrected chi connectivity index (χ2v) is 5.43. The fourth-order valence-corrected chi connectivity index (χ4v) is 2.57. The monoisotopic (exact) mass is 299 g/mol. The lowest BCUT2D eigenvalue weighted by Crippen LogP contribution is -2.23. The maximum atomic E-state index is 10.3. The van der Waals surface area contributed by atoms with Gasteiger partial charge in [-0.25, -0.2) is 0 Å². The number of aromatic hydroxyl groups is 1. The topological polar surface area (TPSA) is 41.5 Å². The van der Waals surface area contributed by atoms with Crippen LogP contribution in [0.3, 0.4) is 0 Å². The number of phenolic OH excluding ortho intramolecular Hbond substituents is 1. The Bertz CT molecular complexity index is 569. The van der Waals surface area contributed by atoms with E-state index in [9.17, 15) is 5.11 Å². The number of methoxy groups -OCH3 is 1. The molecular formula is C19H25NO2. The van der Waals surface area contributed by atoms with Crippen LogP contribution in [0.4, 0.5) is 0 Å². The Morgan fingerprint density at radius 3 is 2.50 bits per heavy atom. The summed E-state index contributed by atoms with van der Waals surface area (Å²) in [6.07, 6.45) is 3.55. The average Bonchev–Trinajstić information content (AvgIpc) is 2.56. The Hall–Kier alpha value is -2.00. The van der Waals surface area contributed by atoms with Crippen molar-refractivity contribution in [2.45, 2.75) is 32.2 Å². The van der Waals surface area contributed by atoms with Crippen LogP contribution in [0.1, 0.15) is 43.4 Å². The molecule has 2 aromatic carbocycles. The summed E-state index contributed by atoms with van der Waals surface area (Å²) < 4.78 is 5.17. The van der Waals surface area contributed by atoms with Gasteiger partial charge in [0.25, 0.3) is 0 Å². The number of nitrogens with one attached hydrogen (secondary N) is 1. The van der Waals surface area contributed by atoms with Crippen molar-refractivity contribution in [3.05, 3.63) is 59.7 Å². The molecule has 0 fully saturated rings. The van der Waals surface area contributed by atoms with Crippen LogP contribution in [0.25, 0.3) is 0 Å². The standard InChI is InChI=1S/C19H25NO2/c1-3-4-8-13-20-19(15-9-6-5-7-10-15)17-12-11-16(22-2)14-18(17)21/h5-7,9-12,14,19-21H,3-4,8,13H2,1-2H3. The lowest BCUT2D eigenvalue weighted by Gasteiger charge is -2.21. The molecule has 0 saturated carbocycles. The third-order valence-electron chi connectivity index (χ3n) is 3.81. The number of phenols is 1. The first kappa shape index (κ1) is 16.4. The molecule has 1 unspecified atom stereocenters. The van der Waals surface area contributed by atoms with Gasteiger partial charge in [-0.15, -0.1) is 0 Å². The smallest absolute Gasteiger partial charge is 0.124 e. The zero-order valence-corrected chi connectivity index (χ0v) is 13.4. The summed E-state index contributed by atoms with van der Waals surface area (Å²) in [6, 6.07) is 15.7. The molecule has 3 nitrogen and oxygen atoms in total. The highest BCUT2D eigenvalue weighted by Gasteiger charge is 2.17. The minimum atomic E-state index is -0.0102. The van der Waals surface area contributed by atoms with Crippen molar-refractivity contribution in [1.29, 1.82) is 0 Å². The first-order valence-corrected chi connectivity index (χ1v) is 7.91. The molecule has 0 spiro atoms. The quantitative estimate of drug-likeness (QED) is 0.715. The number of benzene rings is 2. The lowest BCUT2D eigenvalue weighted by molar-refractivity contribution is 0.404. The van der Waals surface area contributed by atoms with Crippen LogP contribution in [0.5, 0.6) is 11.5 Å². The highest BCUT2D eigenvalue weighted by molar-refractivity contribution is 5.45. The normalized spacial score (nSPS) is 12.1. The molecule has 3 heteroatoms. The maximum Gasteiger partial charge on any atom is 0.124 e. The van der Waals surface area contributed by atoms with Gasteiger partial charge in [0.2, 0.25) is 0 Å². The van der Waals surface area contributed by atoms with Crippen molar-refractivity contribution in [2.24, 2.45) is 0 Å². The van der Waals surface area contributed by atoms with Crippen LogP contribution < -0.4 is 10.1 Å². The van der Waals surface area contributed by atoms with E-state index in [4.69, 9.17) is 4.74 Å². The molecule has 22 heavy (non-hydrogen) atoms. The van der Waals surface area contributed by atoms with E-state index in [2.05, 4.69) is 24.4 Å². The van der Waals surface area contributed by atoms with E-state index in [1.807, 2.05) is 30.3 Å². The Balaban J connectivity index is 2.24. The second kappa shape index (κ2) is 8.44. The van der Waals surface area contributed by atoms with Crippen molar-refractivity contribution >= 4 is 0 Å². The van der Waals surface area contributed by atoms with Crippen molar-refractivity contribution in [1.82, 2.24) is 5.32 Å². The van der Waals surface area contributed by atoms with Gasteiger partial charge in [-0.05, 0) is 30.7 Å². The molecule has 0 heterocycles. The number of ether oxygens (including phenoxy) is 1. The number of unbranched alkanes of at least 4 members (excludes halogenated alkanes) is 2. The molecule has 0 bridgehead atoms. The minimum Gasteiger partial charge on any atom is -0.507 e. The maximum absolute atomic E-state index is 10.3. The summed E-state index contributed by atoms with van der Waals surface area (Å²) in [5, 5.41) is 13.9. The Morgan fingerprint density at radius 1 is 1.09 bits per heavy atom. The van der Waals surface area contributed by atoms with Crippen LogP contribution in [0.2, 0.25) is 0 Å². The van der Waals surface area contributed by atoms with Gasteiger partial charge >= 0.3 is 0 Å². The van der Waals surface area contributed by atoms with E-state index < -0.39 is 0 Å². The molecule has 0 saturated heterocycles. The lowest BCUT2D eigenvalue weighted by atomic mass is 9.97. The van der Waals surface area contributed by atoms with Crippen molar-refractivity contribution in [3.8, 4) is 11.5 Å². The van der Waals surface area contributed by atoms with E-state index in [1.165, 1.54) is 12.8 Å². The Kier molecular flexibility index (Phi) is 6.28. The Morgan fingerprint density at radius 2 is 1.86 bits per heavy atom. The predicted octanol–water partition coefficient (Wildman–Crippen LogP) is 4.27. The van der Waals surface area contributed by atoms with Crippen molar-refractivity contribution in [2.75, 3.05) is 13.7 Å². The van der Waals surface area contributed by atoms with Crippen molar-refractivity contribution < 1.29 is 9.84 Å². The molecule has 0 aliphatic rings. The van der Waals surface area contributed by atoms with Gasteiger partial charge in [0.1, 0.15) is 11.5 Å². The average molecular weight is 299 g/mol. The number of rotatable bonds is 8. The van der Waals surface area contributed by atoms with Gasteiger partial charge in [0.15, 0.2) is 0 Å². The Labute approximate surface area is 133 Å². The summed E-state index contributed by atoms with van der Waals surface area (Å²) in [5.74, 6) is 0.926. The molecule has 2 rings (SSSR count). The molecule has 1 atom stereocenters. The van der Waals surface area contributed by atoms with Gasteiger partial charge < -0.3 is 15.2 Å². The van der Waals surface area contributed by atoms with E-state index >= 15 is 0 Å². The molecule has 0 aliphatic heterocycles. The van der Waals surface area contributed by atoms with Crippen LogP contribution in [0.15, 0.2) is 48.5 Å². The molecule has 2 N–H and O–H groups in total. The molecular weight excluding hydrogens is 274 g/mol. The second-order valence-electron chi connectivity index (χ2n) is 5.43. The molecule has 2 aromatic rings. The first-order chi connectivity index (χ1) is 10.8. The summed E-state index contributed by atoms with van der Waals surface area (Å²) in [4.78, 5) is 0. The molecule has 0 radical (unpaired) electrons. The fraction of sp³-hybridized carbons (Fsp3) is 0.368. The van der Waals surface area contributed by atoms with Gasteiger partial charge in [-0.2, -0.15) is 0 Å². The minimum absolute atomic E-state index is 0.0102. The van der Waals surface area contributed by atoms with Gasteiger partial charge in [-0.1, -0.05) is 50.1 Å². The summed E-state index contributed by atoms with van der Waals surface area (Å²) in [6.45, 7) is 3.13. The first-order valence-electron chi connectivity index (χ1n) is 7.91. The third kappa shape index (κ3) is 4.25. The largest absolute Gasteiger partial charge is 0.507 e. The zero-order chi connectivity index (χ0) is 15.8. The highest BCUT2D eigenvalue weighted by Crippen LogP contribution is 2.32. The summed E-state index contributed by atoms with van der Waals surface area (Å²) >= 11 is 0. The van der Waals surface area contributed by atoms with Crippen LogP contribution in [0, 0.1) is 0 Å². The SMILES string of the molecule is CCCCCNC(c1ccccc1)c1ccc(OC)cc1O. The highest BCUT2D eigenvalue weighted by atomic mass is 16.5. The molecule has 0 amide bonds. The van der Waals surface area contributed by atoms with E-state index in [0.29, 0.717) is 5.75 Å². The van der Waals surface area contributed by atoms with Gasteiger partial charge in [0, 0.05) is 11.6 Å². The van der Waals surface area contributed by atoms with E-state index in [-0.39, 0.29) is 11.8 Å². The van der Waals surface area contributed by atoms with E-state index in [1.54, 1.807) is 13.2 Å². The molecule has 0 aliphatic carbocycles. The van der Waals surface area contributed by atoms with E-state index in [0.717, 1.165) is 24.1 Å². The predicted molar refractivity (Wildman–Crippen MR) is 90.5 cm³/mol. The molecule has 118 valence electrons. The van der Waals surface area contributed by atoms with Crippen LogP contribution in [-0.4, -0.2) is 18.8 Å². The van der Waals surface area contributed by atoms with Crippen molar-refractivity contribution in [3.63, 3.8) is 0 Å². The van der Waals surface area contributed by atoms with Gasteiger partial charge in [-0.3, -0.25) is 0 Å². The third-order valence-corrected chi connectivity index (χ3v) is 3.81. The zero-order valence-electron chi connectivity index (χ0n) is 13.4. The fourth-order valence-electron chi connectivity index (χ4n) is 2.57. The molecule has 0 aromatic heterocycles. The number of hydrogen-bond donors (Lipinski definition) is 2. The van der Waals surface area contributed by atoms with Gasteiger partial charge in [0.05, 0.1) is 13.2 Å². The number of hydrogen-bond acceptors (Lipinski definition) is 3. The van der Waals surface area contributed by atoms with Crippen LogP contribution >= 0.6 is 0 Å². The summed E-state index contributed by atoms with van der Waals surface area (Å²) in [5.41, 5.74) is 2.03.